The Labute approximate surface area is 154 Å². The van der Waals surface area contributed by atoms with Gasteiger partial charge >= 0.3 is 0 Å². The Morgan fingerprint density at radius 2 is 2.24 bits per heavy atom. The summed E-state index contributed by atoms with van der Waals surface area (Å²) in [6, 6.07) is 2.35. The minimum absolute atomic E-state index is 0.232. The third-order valence-corrected chi connectivity index (χ3v) is 4.98. The molecule has 1 aromatic heterocycles. The van der Waals surface area contributed by atoms with Gasteiger partial charge in [-0.1, -0.05) is 0 Å². The van der Waals surface area contributed by atoms with E-state index in [4.69, 9.17) is 21.7 Å². The first-order chi connectivity index (χ1) is 12.2. The average Bonchev–Trinajstić information content (AvgIpc) is 3.13. The maximum Gasteiger partial charge on any atom is 0.234 e. The molecule has 0 bridgehead atoms. The minimum atomic E-state index is 0.232. The first-order valence-electron chi connectivity index (χ1n) is 9.02. The Kier molecular flexibility index (Phi) is 6.25. The molecule has 2 fully saturated rings. The van der Waals surface area contributed by atoms with Crippen molar-refractivity contribution in [3.63, 3.8) is 0 Å². The molecular formula is C17H27N5O2S. The van der Waals surface area contributed by atoms with Crippen molar-refractivity contribution in [1.29, 1.82) is 0 Å². The van der Waals surface area contributed by atoms with E-state index >= 15 is 0 Å². The second-order valence-corrected chi connectivity index (χ2v) is 7.01. The van der Waals surface area contributed by atoms with Gasteiger partial charge in [-0.2, -0.15) is 9.97 Å². The molecule has 2 aliphatic heterocycles. The summed E-state index contributed by atoms with van der Waals surface area (Å²) < 4.78 is 10.9. The van der Waals surface area contributed by atoms with E-state index in [0.29, 0.717) is 29.5 Å². The monoisotopic (exact) mass is 365 g/mol. The van der Waals surface area contributed by atoms with Gasteiger partial charge in [0, 0.05) is 31.8 Å². The van der Waals surface area contributed by atoms with E-state index in [1.165, 1.54) is 19.3 Å². The predicted molar refractivity (Wildman–Crippen MR) is 102 cm³/mol. The lowest BCUT2D eigenvalue weighted by Crippen LogP contribution is -2.38. The lowest BCUT2D eigenvalue weighted by Gasteiger charge is -2.34. The van der Waals surface area contributed by atoms with Crippen LogP contribution >= 0.6 is 12.2 Å². The highest BCUT2D eigenvalue weighted by Crippen LogP contribution is 2.26. The number of ether oxygens (including phenoxy) is 2. The molecule has 0 aromatic carbocycles. The molecule has 2 aliphatic rings. The number of anilines is 2. The zero-order chi connectivity index (χ0) is 17.6. The summed E-state index contributed by atoms with van der Waals surface area (Å²) in [5.74, 6) is 1.87. The van der Waals surface area contributed by atoms with Crippen LogP contribution in [0.1, 0.15) is 39.0 Å². The van der Waals surface area contributed by atoms with Gasteiger partial charge in [-0.3, -0.25) is 0 Å². The summed E-state index contributed by atoms with van der Waals surface area (Å²) >= 11 is 5.36. The summed E-state index contributed by atoms with van der Waals surface area (Å²) in [7, 11) is 1.61. The molecule has 2 atom stereocenters. The lowest BCUT2D eigenvalue weighted by atomic mass is 10.0. The van der Waals surface area contributed by atoms with E-state index in [-0.39, 0.29) is 6.10 Å². The summed E-state index contributed by atoms with van der Waals surface area (Å²) in [6.45, 7) is 4.77. The fraction of sp³-hybridized carbons (Fsp3) is 0.706. The van der Waals surface area contributed by atoms with Crippen molar-refractivity contribution < 1.29 is 9.47 Å². The SMILES string of the molecule is COc1cc(N2CCCC[C@@H]2C)nc(NC(=S)NC[C@H]2CCCO2)n1. The molecule has 25 heavy (non-hydrogen) atoms. The summed E-state index contributed by atoms with van der Waals surface area (Å²) in [5.41, 5.74) is 0. The molecule has 8 heteroatoms. The molecule has 0 spiro atoms. The Morgan fingerprint density at radius 1 is 1.36 bits per heavy atom. The van der Waals surface area contributed by atoms with E-state index in [0.717, 1.165) is 31.8 Å². The summed E-state index contributed by atoms with van der Waals surface area (Å²) in [5, 5.41) is 6.75. The molecule has 0 unspecified atom stereocenters. The maximum atomic E-state index is 5.59. The van der Waals surface area contributed by atoms with Crippen LogP contribution in [0.3, 0.4) is 0 Å². The van der Waals surface area contributed by atoms with Crippen molar-refractivity contribution in [3.8, 4) is 5.88 Å². The fourth-order valence-corrected chi connectivity index (χ4v) is 3.49. The van der Waals surface area contributed by atoms with Gasteiger partial charge in [0.15, 0.2) is 5.11 Å². The molecule has 3 heterocycles. The van der Waals surface area contributed by atoms with Crippen LogP contribution in [-0.4, -0.2) is 54.0 Å². The highest BCUT2D eigenvalue weighted by atomic mass is 32.1. The number of hydrogen-bond donors (Lipinski definition) is 2. The van der Waals surface area contributed by atoms with Crippen LogP contribution in [0.15, 0.2) is 6.07 Å². The first-order valence-corrected chi connectivity index (χ1v) is 9.42. The molecule has 0 amide bonds. The number of hydrogen-bond acceptors (Lipinski definition) is 6. The number of methoxy groups -OCH3 is 1. The third kappa shape index (κ3) is 4.92. The Balaban J connectivity index is 1.65. The summed E-state index contributed by atoms with van der Waals surface area (Å²) in [4.78, 5) is 11.3. The molecule has 1 aromatic rings. The van der Waals surface area contributed by atoms with Crippen molar-refractivity contribution in [2.24, 2.45) is 0 Å². The van der Waals surface area contributed by atoms with E-state index < -0.39 is 0 Å². The van der Waals surface area contributed by atoms with E-state index in [1.807, 2.05) is 6.07 Å². The molecule has 2 N–H and O–H groups in total. The van der Waals surface area contributed by atoms with Crippen LogP contribution in [0.25, 0.3) is 0 Å². The van der Waals surface area contributed by atoms with Crippen molar-refractivity contribution >= 4 is 29.1 Å². The van der Waals surface area contributed by atoms with Crippen LogP contribution in [0.5, 0.6) is 5.88 Å². The van der Waals surface area contributed by atoms with Crippen molar-refractivity contribution in [2.75, 3.05) is 37.0 Å². The first kappa shape index (κ1) is 18.1. The second-order valence-electron chi connectivity index (χ2n) is 6.60. The fourth-order valence-electron chi connectivity index (χ4n) is 3.32. The minimum Gasteiger partial charge on any atom is -0.481 e. The Bertz CT molecular complexity index is 594. The van der Waals surface area contributed by atoms with Gasteiger partial charge in [-0.25, -0.2) is 0 Å². The summed E-state index contributed by atoms with van der Waals surface area (Å²) in [6.07, 6.45) is 6.04. The van der Waals surface area contributed by atoms with E-state index in [2.05, 4.69) is 32.4 Å². The molecule has 0 aliphatic carbocycles. The maximum absolute atomic E-state index is 5.59. The molecule has 3 rings (SSSR count). The molecule has 2 saturated heterocycles. The van der Waals surface area contributed by atoms with Crippen molar-refractivity contribution in [2.45, 2.75) is 51.2 Å². The second kappa shape index (κ2) is 8.62. The number of aromatic nitrogens is 2. The average molecular weight is 366 g/mol. The van der Waals surface area contributed by atoms with Crippen LogP contribution in [0.4, 0.5) is 11.8 Å². The number of piperidine rings is 1. The van der Waals surface area contributed by atoms with Crippen LogP contribution in [0, 0.1) is 0 Å². The topological polar surface area (TPSA) is 71.5 Å². The Morgan fingerprint density at radius 3 is 2.96 bits per heavy atom. The molecule has 0 saturated carbocycles. The standard InChI is InChI=1S/C17H27N5O2S/c1-12-6-3-4-8-22(12)14-10-15(23-2)20-16(19-14)21-17(25)18-11-13-7-5-9-24-13/h10,12-13H,3-9,11H2,1-2H3,(H2,18,19,20,21,25)/t12-,13+/m0/s1. The largest absolute Gasteiger partial charge is 0.481 e. The Hall–Kier alpha value is -1.67. The van der Waals surface area contributed by atoms with E-state index in [9.17, 15) is 0 Å². The molecular weight excluding hydrogens is 338 g/mol. The zero-order valence-electron chi connectivity index (χ0n) is 15.0. The normalized spacial score (nSPS) is 23.4. The molecule has 7 nitrogen and oxygen atoms in total. The highest BCUT2D eigenvalue weighted by Gasteiger charge is 2.21. The van der Waals surface area contributed by atoms with Gasteiger partial charge in [0.1, 0.15) is 5.82 Å². The van der Waals surface area contributed by atoms with Gasteiger partial charge in [0.2, 0.25) is 11.8 Å². The highest BCUT2D eigenvalue weighted by molar-refractivity contribution is 7.80. The van der Waals surface area contributed by atoms with Gasteiger partial charge in [-0.15, -0.1) is 0 Å². The number of nitrogens with one attached hydrogen (secondary N) is 2. The zero-order valence-corrected chi connectivity index (χ0v) is 15.8. The van der Waals surface area contributed by atoms with Crippen LogP contribution in [0.2, 0.25) is 0 Å². The van der Waals surface area contributed by atoms with Crippen molar-refractivity contribution in [3.05, 3.63) is 6.07 Å². The number of rotatable bonds is 5. The molecule has 0 radical (unpaired) electrons. The van der Waals surface area contributed by atoms with Crippen molar-refractivity contribution in [1.82, 2.24) is 15.3 Å². The number of nitrogens with zero attached hydrogens (tertiary/aromatic N) is 3. The van der Waals surface area contributed by atoms with E-state index in [1.54, 1.807) is 7.11 Å². The van der Waals surface area contributed by atoms with Crippen LogP contribution in [-0.2, 0) is 4.74 Å². The smallest absolute Gasteiger partial charge is 0.234 e. The third-order valence-electron chi connectivity index (χ3n) is 4.74. The van der Waals surface area contributed by atoms with Gasteiger partial charge in [0.05, 0.1) is 13.2 Å². The number of thiocarbonyl (C=S) groups is 1. The quantitative estimate of drug-likeness (QED) is 0.771. The predicted octanol–water partition coefficient (Wildman–Crippen LogP) is 2.33. The van der Waals surface area contributed by atoms with Gasteiger partial charge in [-0.05, 0) is 51.2 Å². The van der Waals surface area contributed by atoms with Gasteiger partial charge < -0.3 is 25.0 Å². The lowest BCUT2D eigenvalue weighted by molar-refractivity contribution is 0.114. The van der Waals surface area contributed by atoms with Gasteiger partial charge in [0.25, 0.3) is 0 Å². The molecule has 138 valence electrons. The van der Waals surface area contributed by atoms with Crippen LogP contribution < -0.4 is 20.3 Å².